The third-order valence-corrected chi connectivity index (χ3v) is 5.72. The SMILES string of the molecule is CCC(Nc1c(Nc2cccc(C)c2C)c(=O)c1=O)c1ccc(C)s1.NS(=O)[O-]. The molecule has 0 radical (unpaired) electrons. The van der Waals surface area contributed by atoms with Gasteiger partial charge in [-0.05, 0) is 56.5 Å². The molecule has 0 aliphatic heterocycles. The third kappa shape index (κ3) is 5.60. The van der Waals surface area contributed by atoms with Gasteiger partial charge in [-0.15, -0.1) is 11.3 Å². The molecule has 0 saturated carbocycles. The first kappa shape index (κ1) is 23.0. The third-order valence-electron chi connectivity index (χ3n) is 4.61. The number of aryl methyl sites for hydroxylation is 2. The largest absolute Gasteiger partial charge is 0.760 e. The van der Waals surface area contributed by atoms with E-state index >= 15 is 0 Å². The molecule has 1 aromatic heterocycles. The van der Waals surface area contributed by atoms with E-state index < -0.39 is 22.1 Å². The van der Waals surface area contributed by atoms with E-state index in [1.807, 2.05) is 32.0 Å². The highest BCUT2D eigenvalue weighted by Gasteiger charge is 2.24. The molecule has 0 aliphatic carbocycles. The fraction of sp³-hybridized carbons (Fsp3) is 0.300. The summed E-state index contributed by atoms with van der Waals surface area (Å²) in [6, 6.07) is 10.1. The van der Waals surface area contributed by atoms with Crippen LogP contribution in [0.1, 0.15) is 40.3 Å². The zero-order chi connectivity index (χ0) is 21.7. The van der Waals surface area contributed by atoms with E-state index in [1.165, 1.54) is 9.75 Å². The van der Waals surface area contributed by atoms with E-state index in [1.54, 1.807) is 11.3 Å². The molecule has 29 heavy (non-hydrogen) atoms. The molecule has 3 rings (SSSR count). The minimum atomic E-state index is -2.36. The van der Waals surface area contributed by atoms with Gasteiger partial charge in [0.15, 0.2) is 0 Å². The van der Waals surface area contributed by atoms with Gasteiger partial charge in [-0.25, -0.2) is 0 Å². The summed E-state index contributed by atoms with van der Waals surface area (Å²) in [5, 5.41) is 10.5. The second kappa shape index (κ2) is 9.93. The van der Waals surface area contributed by atoms with Gasteiger partial charge >= 0.3 is 0 Å². The molecule has 1 heterocycles. The quantitative estimate of drug-likeness (QED) is 0.404. The molecule has 4 N–H and O–H groups in total. The predicted octanol–water partition coefficient (Wildman–Crippen LogP) is 3.32. The average Bonchev–Trinajstić information content (AvgIpc) is 3.09. The van der Waals surface area contributed by atoms with Gasteiger partial charge in [-0.1, -0.05) is 19.1 Å². The van der Waals surface area contributed by atoms with Crippen molar-refractivity contribution < 1.29 is 8.76 Å². The topological polar surface area (TPSA) is 124 Å². The molecule has 2 atom stereocenters. The lowest BCUT2D eigenvalue weighted by molar-refractivity contribution is 0.539. The minimum absolute atomic E-state index is 0.0288. The summed E-state index contributed by atoms with van der Waals surface area (Å²) in [5.41, 5.74) is 2.92. The van der Waals surface area contributed by atoms with Crippen molar-refractivity contribution in [2.24, 2.45) is 5.14 Å². The van der Waals surface area contributed by atoms with Crippen LogP contribution < -0.4 is 26.6 Å². The molecule has 0 saturated heterocycles. The maximum Gasteiger partial charge on any atom is 0.253 e. The van der Waals surface area contributed by atoms with Gasteiger partial charge < -0.3 is 15.2 Å². The van der Waals surface area contributed by atoms with Crippen molar-refractivity contribution in [1.82, 2.24) is 0 Å². The molecule has 0 fully saturated rings. The van der Waals surface area contributed by atoms with Crippen molar-refractivity contribution in [1.29, 1.82) is 0 Å². The van der Waals surface area contributed by atoms with Crippen LogP contribution in [0.2, 0.25) is 0 Å². The Hall–Kier alpha value is -2.33. The maximum absolute atomic E-state index is 12.1. The molecule has 0 spiro atoms. The smallest absolute Gasteiger partial charge is 0.253 e. The number of nitrogens with one attached hydrogen (secondary N) is 2. The molecular formula is C20H24N3O4S2-. The summed E-state index contributed by atoms with van der Waals surface area (Å²) in [6.45, 7) is 8.15. The molecule has 3 aromatic rings. The Balaban J connectivity index is 0.000000687. The van der Waals surface area contributed by atoms with Gasteiger partial charge in [0.1, 0.15) is 11.4 Å². The van der Waals surface area contributed by atoms with Crippen LogP contribution in [-0.2, 0) is 11.3 Å². The molecule has 0 bridgehead atoms. The van der Waals surface area contributed by atoms with Crippen molar-refractivity contribution in [2.75, 3.05) is 10.6 Å². The summed E-state index contributed by atoms with van der Waals surface area (Å²) >= 11 is -0.654. The molecule has 7 nitrogen and oxygen atoms in total. The van der Waals surface area contributed by atoms with Crippen LogP contribution in [-0.4, -0.2) is 8.76 Å². The summed E-state index contributed by atoms with van der Waals surface area (Å²) in [4.78, 5) is 26.6. The van der Waals surface area contributed by atoms with Crippen LogP contribution in [0, 0.1) is 20.8 Å². The van der Waals surface area contributed by atoms with Crippen molar-refractivity contribution in [3.8, 4) is 0 Å². The Morgan fingerprint density at radius 3 is 2.28 bits per heavy atom. The summed E-state index contributed by atoms with van der Waals surface area (Å²) in [5.74, 6) is 0. The van der Waals surface area contributed by atoms with Crippen LogP contribution in [0.5, 0.6) is 0 Å². The van der Waals surface area contributed by atoms with E-state index in [0.717, 1.165) is 23.2 Å². The van der Waals surface area contributed by atoms with Crippen molar-refractivity contribution in [2.45, 2.75) is 40.2 Å². The minimum Gasteiger partial charge on any atom is -0.760 e. The van der Waals surface area contributed by atoms with Crippen LogP contribution in [0.4, 0.5) is 17.1 Å². The van der Waals surface area contributed by atoms with Gasteiger partial charge in [-0.2, -0.15) is 0 Å². The predicted molar refractivity (Wildman–Crippen MR) is 119 cm³/mol. The Morgan fingerprint density at radius 1 is 1.10 bits per heavy atom. The number of nitrogens with two attached hydrogens (primary N) is 1. The number of rotatable bonds is 6. The van der Waals surface area contributed by atoms with Gasteiger partial charge in [0, 0.05) is 26.7 Å². The molecule has 2 aromatic carbocycles. The second-order valence-electron chi connectivity index (χ2n) is 6.59. The molecule has 0 aliphatic rings. The molecule has 9 heteroatoms. The highest BCUT2D eigenvalue weighted by Crippen LogP contribution is 2.31. The molecule has 156 valence electrons. The summed E-state index contributed by atoms with van der Waals surface area (Å²) in [7, 11) is 0. The zero-order valence-electron chi connectivity index (χ0n) is 16.7. The van der Waals surface area contributed by atoms with E-state index in [9.17, 15) is 9.59 Å². The Morgan fingerprint density at radius 2 is 1.72 bits per heavy atom. The first-order valence-corrected chi connectivity index (χ1v) is 10.9. The standard InChI is InChI=1S/C20H22N2O2S.H3NO2S/c1-5-14(16-10-9-12(3)25-16)21-17-18(20(24)19(17)23)22-15-8-6-7-11(2)13(15)4;1-4(2)3/h6-10,14,21-22H,5H2,1-4H3;1H2,(H,2,3)/p-1. The number of thiophene rings is 1. The van der Waals surface area contributed by atoms with E-state index in [-0.39, 0.29) is 6.04 Å². The number of benzene rings is 1. The monoisotopic (exact) mass is 434 g/mol. The fourth-order valence-electron chi connectivity index (χ4n) is 2.86. The van der Waals surface area contributed by atoms with Crippen molar-refractivity contribution in [3.05, 3.63) is 71.7 Å². The molecule has 2 unspecified atom stereocenters. The highest BCUT2D eigenvalue weighted by atomic mass is 32.2. The van der Waals surface area contributed by atoms with Crippen LogP contribution in [0.15, 0.2) is 39.9 Å². The van der Waals surface area contributed by atoms with Crippen molar-refractivity contribution in [3.63, 3.8) is 0 Å². The fourth-order valence-corrected chi connectivity index (χ4v) is 3.87. The molecule has 0 amide bonds. The van der Waals surface area contributed by atoms with Gasteiger partial charge in [0.2, 0.25) is 0 Å². The Labute approximate surface area is 176 Å². The lowest BCUT2D eigenvalue weighted by atomic mass is 10.1. The lowest BCUT2D eigenvalue weighted by Crippen LogP contribution is -2.37. The first-order valence-electron chi connectivity index (χ1n) is 8.98. The van der Waals surface area contributed by atoms with Crippen LogP contribution >= 0.6 is 11.3 Å². The zero-order valence-corrected chi connectivity index (χ0v) is 18.3. The highest BCUT2D eigenvalue weighted by molar-refractivity contribution is 7.76. The second-order valence-corrected chi connectivity index (χ2v) is 8.44. The van der Waals surface area contributed by atoms with Gasteiger partial charge in [0.25, 0.3) is 10.9 Å². The van der Waals surface area contributed by atoms with E-state index in [4.69, 9.17) is 8.76 Å². The van der Waals surface area contributed by atoms with Gasteiger partial charge in [-0.3, -0.25) is 18.9 Å². The Kier molecular flexibility index (Phi) is 7.86. The van der Waals surface area contributed by atoms with Crippen LogP contribution in [0.25, 0.3) is 0 Å². The normalized spacial score (nSPS) is 12.8. The maximum atomic E-state index is 12.1. The number of hydrogen-bond donors (Lipinski definition) is 3. The summed E-state index contributed by atoms with van der Waals surface area (Å²) in [6.07, 6.45) is 0.835. The van der Waals surface area contributed by atoms with Crippen molar-refractivity contribution >= 4 is 39.7 Å². The van der Waals surface area contributed by atoms with Crippen LogP contribution in [0.3, 0.4) is 0 Å². The first-order chi connectivity index (χ1) is 13.6. The van der Waals surface area contributed by atoms with E-state index in [0.29, 0.717) is 11.4 Å². The number of hydrogen-bond acceptors (Lipinski definition) is 7. The molecular weight excluding hydrogens is 410 g/mol. The summed E-state index contributed by atoms with van der Waals surface area (Å²) < 4.78 is 17.6. The average molecular weight is 435 g/mol. The Bertz CT molecular complexity index is 1080. The van der Waals surface area contributed by atoms with Gasteiger partial charge in [0.05, 0.1) is 6.04 Å². The number of anilines is 3. The lowest BCUT2D eigenvalue weighted by Gasteiger charge is -2.21. The van der Waals surface area contributed by atoms with E-state index in [2.05, 4.69) is 41.8 Å².